The zero-order valence-corrected chi connectivity index (χ0v) is 23.6. The van der Waals surface area contributed by atoms with Crippen LogP contribution in [0.2, 0.25) is 0 Å². The molecule has 4 bridgehead atoms. The summed E-state index contributed by atoms with van der Waals surface area (Å²) in [6.45, 7) is 11.1. The second-order valence-corrected chi connectivity index (χ2v) is 12.4. The number of allylic oxidation sites excluding steroid dienone is 3. The lowest BCUT2D eigenvalue weighted by atomic mass is 9.51. The first kappa shape index (κ1) is 26.6. The third-order valence-corrected chi connectivity index (χ3v) is 9.19. The van der Waals surface area contributed by atoms with Gasteiger partial charge in [-0.25, -0.2) is 4.79 Å². The molecule has 6 aliphatic rings. The summed E-state index contributed by atoms with van der Waals surface area (Å²) in [5.41, 5.74) is -1.42. The molecule has 2 fully saturated rings. The molecular weight excluding hydrogens is 512 g/mol. The van der Waals surface area contributed by atoms with Crippen LogP contribution in [0.25, 0.3) is 6.08 Å². The molecule has 8 nitrogen and oxygen atoms in total. The summed E-state index contributed by atoms with van der Waals surface area (Å²) in [5.74, 6) is -2.25. The molecule has 210 valence electrons. The Morgan fingerprint density at radius 2 is 1.88 bits per heavy atom. The molecule has 2 N–H and O–H groups in total. The van der Waals surface area contributed by atoms with Crippen molar-refractivity contribution in [2.24, 2.45) is 11.8 Å². The van der Waals surface area contributed by atoms with Crippen LogP contribution in [-0.4, -0.2) is 50.7 Å². The third kappa shape index (κ3) is 3.25. The number of aliphatic carboxylic acids is 1. The summed E-state index contributed by atoms with van der Waals surface area (Å²) < 4.78 is 19.8. The lowest BCUT2D eigenvalue weighted by Gasteiger charge is -2.56. The van der Waals surface area contributed by atoms with Crippen LogP contribution >= 0.6 is 0 Å². The van der Waals surface area contributed by atoms with Crippen LogP contribution in [0.4, 0.5) is 0 Å². The maximum atomic E-state index is 14.5. The number of benzene rings is 1. The fourth-order valence-corrected chi connectivity index (χ4v) is 7.34. The Balaban J connectivity index is 1.65. The fraction of sp³-hybridized carbons (Fsp3) is 0.469. The van der Waals surface area contributed by atoms with Gasteiger partial charge in [-0.15, -0.1) is 0 Å². The van der Waals surface area contributed by atoms with Gasteiger partial charge >= 0.3 is 5.97 Å². The number of phenolic OH excluding ortho intramolecular Hbond substituents is 1. The second kappa shape index (κ2) is 8.43. The van der Waals surface area contributed by atoms with Crippen LogP contribution in [0.5, 0.6) is 17.2 Å². The van der Waals surface area contributed by atoms with Gasteiger partial charge in [0, 0.05) is 35.0 Å². The van der Waals surface area contributed by atoms with Crippen LogP contribution in [0.3, 0.4) is 0 Å². The Morgan fingerprint density at radius 3 is 2.55 bits per heavy atom. The zero-order valence-electron chi connectivity index (χ0n) is 23.6. The van der Waals surface area contributed by atoms with Gasteiger partial charge in [0.15, 0.2) is 22.8 Å². The topological polar surface area (TPSA) is 119 Å². The Kier molecular flexibility index (Phi) is 5.60. The van der Waals surface area contributed by atoms with Gasteiger partial charge in [-0.3, -0.25) is 9.59 Å². The van der Waals surface area contributed by atoms with Crippen molar-refractivity contribution in [2.45, 2.75) is 83.7 Å². The largest absolute Gasteiger partial charge is 0.506 e. The monoisotopic (exact) mass is 546 g/mol. The van der Waals surface area contributed by atoms with Gasteiger partial charge in [-0.05, 0) is 66.5 Å². The molecule has 8 heteroatoms. The summed E-state index contributed by atoms with van der Waals surface area (Å²) in [5, 5.41) is 21.0. The summed E-state index contributed by atoms with van der Waals surface area (Å²) in [6, 6.07) is 0. The quantitative estimate of drug-likeness (QED) is 0.386. The number of ketones is 2. The van der Waals surface area contributed by atoms with Gasteiger partial charge in [0.2, 0.25) is 0 Å². The van der Waals surface area contributed by atoms with Gasteiger partial charge in [-0.2, -0.15) is 0 Å². The van der Waals surface area contributed by atoms with Crippen LogP contribution in [0, 0.1) is 11.8 Å². The second-order valence-electron chi connectivity index (χ2n) is 12.4. The molecule has 1 aromatic rings. The molecule has 1 spiro atoms. The van der Waals surface area contributed by atoms with Crippen molar-refractivity contribution in [1.29, 1.82) is 0 Å². The van der Waals surface area contributed by atoms with E-state index in [-0.39, 0.29) is 46.9 Å². The van der Waals surface area contributed by atoms with Crippen molar-refractivity contribution in [3.8, 4) is 17.2 Å². The van der Waals surface area contributed by atoms with Crippen LogP contribution < -0.4 is 9.47 Å². The van der Waals surface area contributed by atoms with E-state index in [1.54, 1.807) is 12.2 Å². The average Bonchev–Trinajstić information content (AvgIpc) is 3.03. The van der Waals surface area contributed by atoms with E-state index in [0.29, 0.717) is 35.3 Å². The number of fused-ring (bicyclic) bond motifs is 2. The number of hydrogen-bond acceptors (Lipinski definition) is 7. The number of carbonyl (C=O) groups is 3. The summed E-state index contributed by atoms with van der Waals surface area (Å²) in [4.78, 5) is 40.2. The Labute approximate surface area is 233 Å². The van der Waals surface area contributed by atoms with E-state index < -0.39 is 34.5 Å². The number of Topliss-reactive ketones (excluding diaryl/α,β-unsaturated/α-hetero) is 2. The number of hydrogen-bond donors (Lipinski definition) is 2. The lowest BCUT2D eigenvalue weighted by Crippen LogP contribution is -2.72. The smallest absolute Gasteiger partial charge is 0.330 e. The van der Waals surface area contributed by atoms with E-state index in [9.17, 15) is 24.6 Å². The number of aromatic hydroxyl groups is 1. The van der Waals surface area contributed by atoms with E-state index in [4.69, 9.17) is 14.2 Å². The van der Waals surface area contributed by atoms with Gasteiger partial charge in [0.1, 0.15) is 28.9 Å². The van der Waals surface area contributed by atoms with Crippen molar-refractivity contribution >= 4 is 23.6 Å². The van der Waals surface area contributed by atoms with E-state index in [1.165, 1.54) is 13.0 Å². The van der Waals surface area contributed by atoms with E-state index in [0.717, 1.165) is 5.57 Å². The van der Waals surface area contributed by atoms with Crippen molar-refractivity contribution < 1.29 is 38.8 Å². The minimum atomic E-state index is -1.61. The highest BCUT2D eigenvalue weighted by atomic mass is 16.6. The predicted molar refractivity (Wildman–Crippen MR) is 147 cm³/mol. The van der Waals surface area contributed by atoms with Crippen molar-refractivity contribution in [3.05, 3.63) is 57.7 Å². The number of phenols is 1. The standard InChI is InChI=1S/C32H34O8/c1-15(2)7-9-20-26-19(10-8-17(4)38-26)24(33)23-25(34)21-13-18-14-22-30(5,6)40-31(28(18)35,12-11-16(3)29(36)37)32(21,22)39-27(20)23/h7-8,10-11,13,17-18,22,33H,9,12,14H2,1-6H3,(H,36,37)/t17-,18+,22-,31-,32+/m0/s1. The average molecular weight is 547 g/mol. The number of carboxylic acids is 1. The highest BCUT2D eigenvalue weighted by Gasteiger charge is 2.81. The lowest BCUT2D eigenvalue weighted by molar-refractivity contribution is -0.171. The first-order chi connectivity index (χ1) is 18.7. The molecule has 7 rings (SSSR count). The molecule has 3 heterocycles. The highest BCUT2D eigenvalue weighted by molar-refractivity contribution is 6.19. The van der Waals surface area contributed by atoms with Crippen LogP contribution in [0.15, 0.2) is 41.0 Å². The van der Waals surface area contributed by atoms with Gasteiger partial charge < -0.3 is 24.4 Å². The minimum absolute atomic E-state index is 0.0557. The highest BCUT2D eigenvalue weighted by Crippen LogP contribution is 2.68. The van der Waals surface area contributed by atoms with Crippen LogP contribution in [-0.2, 0) is 20.7 Å². The van der Waals surface area contributed by atoms with E-state index >= 15 is 0 Å². The maximum absolute atomic E-state index is 14.5. The number of rotatable bonds is 5. The molecule has 0 radical (unpaired) electrons. The molecule has 3 aliphatic heterocycles. The summed E-state index contributed by atoms with van der Waals surface area (Å²) in [6.07, 6.45) is 9.26. The van der Waals surface area contributed by atoms with Crippen molar-refractivity contribution in [1.82, 2.24) is 0 Å². The Hall–Kier alpha value is -3.65. The molecule has 5 atom stereocenters. The van der Waals surface area contributed by atoms with E-state index in [1.807, 2.05) is 46.8 Å². The number of carbonyl (C=O) groups excluding carboxylic acids is 2. The molecule has 0 amide bonds. The zero-order chi connectivity index (χ0) is 28.9. The van der Waals surface area contributed by atoms with Crippen molar-refractivity contribution in [2.75, 3.05) is 0 Å². The molecule has 40 heavy (non-hydrogen) atoms. The Bertz CT molecular complexity index is 1520. The molecule has 0 unspecified atom stereocenters. The minimum Gasteiger partial charge on any atom is -0.506 e. The van der Waals surface area contributed by atoms with E-state index in [2.05, 4.69) is 0 Å². The van der Waals surface area contributed by atoms with Crippen LogP contribution in [0.1, 0.15) is 75.9 Å². The maximum Gasteiger partial charge on any atom is 0.330 e. The molecular formula is C32H34O8. The fourth-order valence-electron chi connectivity index (χ4n) is 7.34. The number of carboxylic acid groups (broad SMARTS) is 1. The normalized spacial score (nSPS) is 32.4. The van der Waals surface area contributed by atoms with Gasteiger partial charge in [0.05, 0.1) is 11.2 Å². The first-order valence-corrected chi connectivity index (χ1v) is 13.8. The third-order valence-electron chi connectivity index (χ3n) is 9.19. The molecule has 1 saturated heterocycles. The Morgan fingerprint density at radius 1 is 1.15 bits per heavy atom. The summed E-state index contributed by atoms with van der Waals surface area (Å²) in [7, 11) is 0. The molecule has 1 aromatic carbocycles. The first-order valence-electron chi connectivity index (χ1n) is 13.8. The summed E-state index contributed by atoms with van der Waals surface area (Å²) >= 11 is 0. The number of ether oxygens (including phenoxy) is 3. The van der Waals surface area contributed by atoms with Crippen molar-refractivity contribution in [3.63, 3.8) is 0 Å². The molecule has 3 aliphatic carbocycles. The molecule has 1 saturated carbocycles. The van der Waals surface area contributed by atoms with Gasteiger partial charge in [0.25, 0.3) is 0 Å². The van der Waals surface area contributed by atoms with Gasteiger partial charge in [-0.1, -0.05) is 23.8 Å². The molecule has 0 aromatic heterocycles. The SMILES string of the molecule is CC(C)=CCc1c2c(c(O)c3c1O[C@]14C(=C[C@@H]5C[C@H]1C(C)(C)O[C@@]4(CC=C(C)C(=O)O)C5=O)C3=O)C=C[C@H](C)O2. The predicted octanol–water partition coefficient (Wildman–Crippen LogP) is 5.12.